The summed E-state index contributed by atoms with van der Waals surface area (Å²) in [6.07, 6.45) is 0. The summed E-state index contributed by atoms with van der Waals surface area (Å²) in [7, 11) is 0. The zero-order valence-corrected chi connectivity index (χ0v) is 30.0. The van der Waals surface area contributed by atoms with Crippen molar-refractivity contribution in [2.24, 2.45) is 0 Å². The molecule has 0 unspecified atom stereocenters. The maximum atomic E-state index is 5.61. The first-order valence-electron chi connectivity index (χ1n) is 18.3. The van der Waals surface area contributed by atoms with Gasteiger partial charge in [-0.15, -0.1) is 11.3 Å². The van der Waals surface area contributed by atoms with Gasteiger partial charge in [0.25, 0.3) is 0 Å². The lowest BCUT2D eigenvalue weighted by Gasteiger charge is -2.23. The SMILES string of the molecule is CC1(C)c2ccccc2-c2ccc3cc4c5ccccc5n(-c5nc(-c6cccc7c6sc6ccccc67)c6ccc7ccccc7c6n5)c4cc3c21. The van der Waals surface area contributed by atoms with Gasteiger partial charge >= 0.3 is 0 Å². The van der Waals surface area contributed by atoms with E-state index in [4.69, 9.17) is 9.97 Å². The van der Waals surface area contributed by atoms with Crippen molar-refractivity contribution in [1.29, 1.82) is 0 Å². The number of benzene rings is 8. The molecular weight excluding hydrogens is 663 g/mol. The number of nitrogens with zero attached hydrogens (tertiary/aromatic N) is 3. The van der Waals surface area contributed by atoms with Crippen LogP contribution in [0, 0.1) is 0 Å². The third-order valence-electron chi connectivity index (χ3n) is 11.8. The lowest BCUT2D eigenvalue weighted by Crippen LogP contribution is -2.15. The topological polar surface area (TPSA) is 30.7 Å². The molecule has 248 valence electrons. The number of thiophene rings is 1. The van der Waals surface area contributed by atoms with E-state index in [1.165, 1.54) is 69.4 Å². The molecule has 0 atom stereocenters. The molecule has 4 heteroatoms. The maximum Gasteiger partial charge on any atom is 0.235 e. The predicted molar refractivity (Wildman–Crippen MR) is 225 cm³/mol. The number of fused-ring (bicyclic) bond motifs is 14. The van der Waals surface area contributed by atoms with E-state index in [0.717, 1.165) is 38.6 Å². The zero-order valence-electron chi connectivity index (χ0n) is 29.2. The van der Waals surface area contributed by atoms with Gasteiger partial charge in [-0.25, -0.2) is 9.97 Å². The summed E-state index contributed by atoms with van der Waals surface area (Å²) in [5, 5.41) is 10.8. The van der Waals surface area contributed by atoms with E-state index in [1.807, 2.05) is 11.3 Å². The Bertz CT molecular complexity index is 3380. The van der Waals surface area contributed by atoms with Crippen LogP contribution in [0.1, 0.15) is 25.0 Å². The Kier molecular flexibility index (Phi) is 5.72. The highest BCUT2D eigenvalue weighted by Gasteiger charge is 2.37. The molecule has 0 fully saturated rings. The molecule has 0 bridgehead atoms. The third-order valence-corrected chi connectivity index (χ3v) is 13.0. The average Bonchev–Trinajstić information content (AvgIpc) is 3.82. The Morgan fingerprint density at radius 2 is 1.23 bits per heavy atom. The van der Waals surface area contributed by atoms with Gasteiger partial charge in [0.2, 0.25) is 5.95 Å². The molecule has 0 saturated carbocycles. The summed E-state index contributed by atoms with van der Waals surface area (Å²) < 4.78 is 4.85. The standard InChI is InChI=1S/C49H31N3S/c1-49(2)40-19-8-5-14-31(40)34-24-23-29-26-39-32-15-6-9-20-41(32)52(42(39)27-38(29)44(34)49)48-50-45-30-13-4-3-12-28(30)22-25-36(45)46(51-48)37-18-11-17-35-33-16-7-10-21-43(33)53-47(35)37/h3-27H,1-2H3. The van der Waals surface area contributed by atoms with Crippen LogP contribution in [0.3, 0.4) is 0 Å². The van der Waals surface area contributed by atoms with E-state index in [2.05, 4.69) is 170 Å². The fourth-order valence-corrected chi connectivity index (χ4v) is 10.6. The smallest absolute Gasteiger partial charge is 0.235 e. The minimum Gasteiger partial charge on any atom is -0.278 e. The van der Waals surface area contributed by atoms with E-state index in [0.29, 0.717) is 5.95 Å². The molecule has 3 aromatic heterocycles. The van der Waals surface area contributed by atoms with Gasteiger partial charge in [0.05, 0.1) is 22.2 Å². The van der Waals surface area contributed by atoms with Crippen LogP contribution in [-0.2, 0) is 5.41 Å². The molecule has 1 aliphatic carbocycles. The summed E-state index contributed by atoms with van der Waals surface area (Å²) in [6.45, 7) is 4.74. The number of para-hydroxylation sites is 1. The molecule has 0 saturated heterocycles. The monoisotopic (exact) mass is 693 g/mol. The quantitative estimate of drug-likeness (QED) is 0.169. The summed E-state index contributed by atoms with van der Waals surface area (Å²) in [5.74, 6) is 0.683. The average molecular weight is 694 g/mol. The van der Waals surface area contributed by atoms with E-state index in [9.17, 15) is 0 Å². The van der Waals surface area contributed by atoms with Crippen molar-refractivity contribution in [3.05, 3.63) is 163 Å². The van der Waals surface area contributed by atoms with Crippen molar-refractivity contribution in [3.63, 3.8) is 0 Å². The van der Waals surface area contributed by atoms with Crippen LogP contribution < -0.4 is 0 Å². The molecular formula is C49H31N3S. The number of hydrogen-bond donors (Lipinski definition) is 0. The molecule has 0 N–H and O–H groups in total. The molecule has 11 aromatic rings. The van der Waals surface area contributed by atoms with Crippen molar-refractivity contribution in [2.75, 3.05) is 0 Å². The Hall–Kier alpha value is -6.36. The minimum absolute atomic E-state index is 0.134. The van der Waals surface area contributed by atoms with Crippen molar-refractivity contribution in [2.45, 2.75) is 19.3 Å². The first-order valence-corrected chi connectivity index (χ1v) is 19.1. The fourth-order valence-electron chi connectivity index (χ4n) is 9.39. The van der Waals surface area contributed by atoms with Gasteiger partial charge in [-0.05, 0) is 68.7 Å². The molecule has 3 nitrogen and oxygen atoms in total. The van der Waals surface area contributed by atoms with Crippen molar-refractivity contribution < 1.29 is 0 Å². The summed E-state index contributed by atoms with van der Waals surface area (Å²) in [4.78, 5) is 11.1. The van der Waals surface area contributed by atoms with Gasteiger partial charge in [-0.1, -0.05) is 135 Å². The van der Waals surface area contributed by atoms with E-state index < -0.39 is 0 Å². The summed E-state index contributed by atoms with van der Waals surface area (Å²) in [5.41, 5.74) is 10.6. The van der Waals surface area contributed by atoms with E-state index in [1.54, 1.807) is 0 Å². The second kappa shape index (κ2) is 10.4. The first kappa shape index (κ1) is 29.2. The highest BCUT2D eigenvalue weighted by molar-refractivity contribution is 7.26. The molecule has 12 rings (SSSR count). The zero-order chi connectivity index (χ0) is 35.0. The lowest BCUT2D eigenvalue weighted by molar-refractivity contribution is 0.666. The Morgan fingerprint density at radius 3 is 2.15 bits per heavy atom. The van der Waals surface area contributed by atoms with Crippen LogP contribution in [0.25, 0.3) is 103 Å². The van der Waals surface area contributed by atoms with Gasteiger partial charge < -0.3 is 0 Å². The largest absolute Gasteiger partial charge is 0.278 e. The highest BCUT2D eigenvalue weighted by atomic mass is 32.1. The first-order chi connectivity index (χ1) is 26.0. The molecule has 0 aliphatic heterocycles. The second-order valence-corrected chi connectivity index (χ2v) is 16.0. The molecule has 53 heavy (non-hydrogen) atoms. The lowest BCUT2D eigenvalue weighted by atomic mass is 9.80. The van der Waals surface area contributed by atoms with Gasteiger partial charge in [0, 0.05) is 52.7 Å². The van der Waals surface area contributed by atoms with Crippen LogP contribution in [0.15, 0.2) is 152 Å². The predicted octanol–water partition coefficient (Wildman–Crippen LogP) is 13.4. The minimum atomic E-state index is -0.134. The van der Waals surface area contributed by atoms with Crippen LogP contribution in [0.2, 0.25) is 0 Å². The van der Waals surface area contributed by atoms with Crippen LogP contribution in [-0.4, -0.2) is 14.5 Å². The third kappa shape index (κ3) is 3.88. The Labute approximate surface area is 309 Å². The number of hydrogen-bond acceptors (Lipinski definition) is 3. The van der Waals surface area contributed by atoms with E-state index in [-0.39, 0.29) is 5.41 Å². The number of rotatable bonds is 2. The van der Waals surface area contributed by atoms with Crippen LogP contribution in [0.4, 0.5) is 0 Å². The maximum absolute atomic E-state index is 5.61. The van der Waals surface area contributed by atoms with Crippen molar-refractivity contribution in [1.82, 2.24) is 14.5 Å². The molecule has 0 spiro atoms. The molecule has 0 amide bonds. The van der Waals surface area contributed by atoms with Crippen molar-refractivity contribution in [3.8, 4) is 28.3 Å². The molecule has 8 aromatic carbocycles. The Morgan fingerprint density at radius 1 is 0.491 bits per heavy atom. The fraction of sp³-hybridized carbons (Fsp3) is 0.0612. The van der Waals surface area contributed by atoms with Gasteiger partial charge in [-0.3, -0.25) is 4.57 Å². The summed E-state index contributed by atoms with van der Waals surface area (Å²) >= 11 is 1.84. The molecule has 3 heterocycles. The van der Waals surface area contributed by atoms with E-state index >= 15 is 0 Å². The van der Waals surface area contributed by atoms with Crippen LogP contribution in [0.5, 0.6) is 0 Å². The highest BCUT2D eigenvalue weighted by Crippen LogP contribution is 2.52. The number of aromatic nitrogens is 3. The summed E-state index contributed by atoms with van der Waals surface area (Å²) in [6, 6.07) is 55.4. The normalized spacial score (nSPS) is 13.6. The molecule has 0 radical (unpaired) electrons. The van der Waals surface area contributed by atoms with Crippen molar-refractivity contribution >= 4 is 85.8 Å². The van der Waals surface area contributed by atoms with Gasteiger partial charge in [-0.2, -0.15) is 0 Å². The van der Waals surface area contributed by atoms with Gasteiger partial charge in [0.15, 0.2) is 0 Å². The van der Waals surface area contributed by atoms with Gasteiger partial charge in [0.1, 0.15) is 0 Å². The van der Waals surface area contributed by atoms with Crippen LogP contribution >= 0.6 is 11.3 Å². The second-order valence-electron chi connectivity index (χ2n) is 14.9. The molecule has 1 aliphatic rings. The Balaban J connectivity index is 1.22.